The fourth-order valence-corrected chi connectivity index (χ4v) is 2.04. The number of hydrogen-bond donors (Lipinski definition) is 0. The van der Waals surface area contributed by atoms with Crippen LogP contribution in [0.4, 0.5) is 5.69 Å². The van der Waals surface area contributed by atoms with Crippen molar-refractivity contribution >= 4 is 17.4 Å². The van der Waals surface area contributed by atoms with E-state index < -0.39 is 0 Å². The highest BCUT2D eigenvalue weighted by atomic mass is 16.2. The van der Waals surface area contributed by atoms with Crippen molar-refractivity contribution in [2.24, 2.45) is 0 Å². The van der Waals surface area contributed by atoms with Crippen LogP contribution >= 0.6 is 0 Å². The Morgan fingerprint density at radius 2 is 2.06 bits per heavy atom. The second kappa shape index (κ2) is 4.17. The first kappa shape index (κ1) is 11.6. The van der Waals surface area contributed by atoms with Gasteiger partial charge < -0.3 is 4.90 Å². The van der Waals surface area contributed by atoms with Crippen molar-refractivity contribution in [3.05, 3.63) is 41.5 Å². The van der Waals surface area contributed by atoms with Gasteiger partial charge in [0.1, 0.15) is 0 Å². The molecule has 0 saturated carbocycles. The lowest BCUT2D eigenvalue weighted by atomic mass is 9.96. The number of hydrogen-bond acceptors (Lipinski definition) is 2. The largest absolute Gasteiger partial charge is 0.315 e. The molecule has 1 heterocycles. The fraction of sp³-hybridized carbons (Fsp3) is 0.286. The third kappa shape index (κ3) is 2.00. The van der Waals surface area contributed by atoms with Crippen LogP contribution in [0.1, 0.15) is 29.3 Å². The van der Waals surface area contributed by atoms with Gasteiger partial charge in [-0.05, 0) is 42.7 Å². The molecule has 0 saturated heterocycles. The summed E-state index contributed by atoms with van der Waals surface area (Å²) < 4.78 is 0. The molecule has 1 aliphatic heterocycles. The standard InChI is InChI=1S/C14H15NO2/c1-9(2)14(17)11-4-6-12-10(8-11)5-7-13(16)15(12)3/h4,6,8H,1,5,7H2,2-3H3. The first-order chi connectivity index (χ1) is 8.00. The summed E-state index contributed by atoms with van der Waals surface area (Å²) in [5.41, 5.74) is 3.14. The molecule has 1 amide bonds. The number of anilines is 1. The van der Waals surface area contributed by atoms with Crippen LogP contribution in [0.5, 0.6) is 0 Å². The first-order valence-corrected chi connectivity index (χ1v) is 5.60. The highest BCUT2D eigenvalue weighted by Gasteiger charge is 2.21. The van der Waals surface area contributed by atoms with Crippen LogP contribution in [0.2, 0.25) is 0 Å². The van der Waals surface area contributed by atoms with Gasteiger partial charge >= 0.3 is 0 Å². The molecule has 0 unspecified atom stereocenters. The molecule has 0 spiro atoms. The first-order valence-electron chi connectivity index (χ1n) is 5.60. The summed E-state index contributed by atoms with van der Waals surface area (Å²) in [7, 11) is 1.76. The van der Waals surface area contributed by atoms with Crippen LogP contribution in [-0.2, 0) is 11.2 Å². The van der Waals surface area contributed by atoms with Crippen LogP contribution in [0, 0.1) is 0 Å². The molecule has 1 aliphatic rings. The zero-order chi connectivity index (χ0) is 12.6. The summed E-state index contributed by atoms with van der Waals surface area (Å²) in [6, 6.07) is 5.46. The monoisotopic (exact) mass is 229 g/mol. The number of benzene rings is 1. The second-order valence-electron chi connectivity index (χ2n) is 4.41. The van der Waals surface area contributed by atoms with Gasteiger partial charge in [0, 0.05) is 24.7 Å². The predicted molar refractivity (Wildman–Crippen MR) is 67.3 cm³/mol. The van der Waals surface area contributed by atoms with Gasteiger partial charge in [0.2, 0.25) is 5.91 Å². The molecule has 0 aromatic heterocycles. The van der Waals surface area contributed by atoms with Gasteiger partial charge in [0.15, 0.2) is 5.78 Å². The highest BCUT2D eigenvalue weighted by molar-refractivity contribution is 6.08. The van der Waals surface area contributed by atoms with Crippen LogP contribution in [0.15, 0.2) is 30.4 Å². The third-order valence-electron chi connectivity index (χ3n) is 3.07. The SMILES string of the molecule is C=C(C)C(=O)c1ccc2c(c1)CCC(=O)N2C. The predicted octanol–water partition coefficient (Wildman–Crippen LogP) is 2.35. The number of amides is 1. The van der Waals surface area contributed by atoms with Gasteiger partial charge in [-0.1, -0.05) is 6.58 Å². The number of aryl methyl sites for hydroxylation is 1. The van der Waals surface area contributed by atoms with E-state index in [1.54, 1.807) is 24.9 Å². The molecular formula is C14H15NO2. The van der Waals surface area contributed by atoms with Crippen LogP contribution in [0.3, 0.4) is 0 Å². The van der Waals surface area contributed by atoms with E-state index in [0.29, 0.717) is 24.0 Å². The average molecular weight is 229 g/mol. The molecule has 0 fully saturated rings. The summed E-state index contributed by atoms with van der Waals surface area (Å²) in [5.74, 6) is 0.0869. The summed E-state index contributed by atoms with van der Waals surface area (Å²) in [6.07, 6.45) is 1.21. The maximum atomic E-state index is 11.8. The van der Waals surface area contributed by atoms with Gasteiger partial charge in [-0.2, -0.15) is 0 Å². The molecule has 0 bridgehead atoms. The Morgan fingerprint density at radius 3 is 2.71 bits per heavy atom. The molecule has 2 rings (SSSR count). The van der Waals surface area contributed by atoms with Crippen molar-refractivity contribution in [3.8, 4) is 0 Å². The minimum absolute atomic E-state index is 0.0349. The van der Waals surface area contributed by atoms with E-state index >= 15 is 0 Å². The number of allylic oxidation sites excluding steroid dienone is 1. The van der Waals surface area contributed by atoms with Crippen molar-refractivity contribution in [2.75, 3.05) is 11.9 Å². The molecule has 88 valence electrons. The topological polar surface area (TPSA) is 37.4 Å². The maximum absolute atomic E-state index is 11.8. The highest BCUT2D eigenvalue weighted by Crippen LogP contribution is 2.28. The van der Waals surface area contributed by atoms with E-state index in [9.17, 15) is 9.59 Å². The molecule has 17 heavy (non-hydrogen) atoms. The summed E-state index contributed by atoms with van der Waals surface area (Å²) in [6.45, 7) is 5.36. The van der Waals surface area contributed by atoms with E-state index in [1.165, 1.54) is 0 Å². The van der Waals surface area contributed by atoms with E-state index in [1.807, 2.05) is 12.1 Å². The lowest BCUT2D eigenvalue weighted by molar-refractivity contribution is -0.118. The van der Waals surface area contributed by atoms with Crippen LogP contribution in [-0.4, -0.2) is 18.7 Å². The van der Waals surface area contributed by atoms with Gasteiger partial charge in [0.25, 0.3) is 0 Å². The Hall–Kier alpha value is -1.90. The smallest absolute Gasteiger partial charge is 0.227 e. The zero-order valence-electron chi connectivity index (χ0n) is 10.1. The second-order valence-corrected chi connectivity index (χ2v) is 4.41. The van der Waals surface area contributed by atoms with Gasteiger partial charge in [-0.3, -0.25) is 9.59 Å². The molecule has 1 aromatic rings. The molecule has 3 nitrogen and oxygen atoms in total. The molecule has 0 aliphatic carbocycles. The fourth-order valence-electron chi connectivity index (χ4n) is 2.04. The van der Waals surface area contributed by atoms with Crippen molar-refractivity contribution in [1.29, 1.82) is 0 Å². The number of fused-ring (bicyclic) bond motifs is 1. The van der Waals surface area contributed by atoms with E-state index in [0.717, 1.165) is 11.3 Å². The molecule has 3 heteroatoms. The lowest BCUT2D eigenvalue weighted by Gasteiger charge is -2.26. The number of ketones is 1. The quantitative estimate of drug-likeness (QED) is 0.576. The number of carbonyl (C=O) groups is 2. The van der Waals surface area contributed by atoms with Gasteiger partial charge in [-0.15, -0.1) is 0 Å². The zero-order valence-corrected chi connectivity index (χ0v) is 10.1. The molecule has 0 atom stereocenters. The Morgan fingerprint density at radius 1 is 1.35 bits per heavy atom. The molecular weight excluding hydrogens is 214 g/mol. The molecule has 0 radical (unpaired) electrons. The van der Waals surface area contributed by atoms with Gasteiger partial charge in [0.05, 0.1) is 0 Å². The normalized spacial score (nSPS) is 14.5. The Balaban J connectivity index is 2.42. The Bertz CT molecular complexity index is 517. The van der Waals surface area contributed by atoms with E-state index in [2.05, 4.69) is 6.58 Å². The molecule has 0 N–H and O–H groups in total. The van der Waals surface area contributed by atoms with Crippen molar-refractivity contribution in [3.63, 3.8) is 0 Å². The third-order valence-corrected chi connectivity index (χ3v) is 3.07. The van der Waals surface area contributed by atoms with Crippen molar-refractivity contribution in [2.45, 2.75) is 19.8 Å². The Labute approximate surface area is 101 Å². The van der Waals surface area contributed by atoms with E-state index in [4.69, 9.17) is 0 Å². The van der Waals surface area contributed by atoms with E-state index in [-0.39, 0.29) is 11.7 Å². The van der Waals surface area contributed by atoms with Crippen LogP contribution < -0.4 is 4.90 Å². The average Bonchev–Trinajstić information content (AvgIpc) is 2.32. The Kier molecular flexibility index (Phi) is 2.84. The summed E-state index contributed by atoms with van der Waals surface area (Å²) in [4.78, 5) is 25.0. The summed E-state index contributed by atoms with van der Waals surface area (Å²) >= 11 is 0. The number of carbonyl (C=O) groups excluding carboxylic acids is 2. The number of nitrogens with zero attached hydrogens (tertiary/aromatic N) is 1. The minimum atomic E-state index is -0.0349. The van der Waals surface area contributed by atoms with Crippen molar-refractivity contribution in [1.82, 2.24) is 0 Å². The minimum Gasteiger partial charge on any atom is -0.315 e. The number of Topliss-reactive ketones (excluding diaryl/α,β-unsaturated/α-hetero) is 1. The lowest BCUT2D eigenvalue weighted by Crippen LogP contribution is -2.31. The van der Waals surface area contributed by atoms with Gasteiger partial charge in [-0.25, -0.2) is 0 Å². The molecule has 1 aromatic carbocycles. The summed E-state index contributed by atoms with van der Waals surface area (Å²) in [5, 5.41) is 0. The van der Waals surface area contributed by atoms with Crippen molar-refractivity contribution < 1.29 is 9.59 Å². The number of rotatable bonds is 2. The van der Waals surface area contributed by atoms with Crippen LogP contribution in [0.25, 0.3) is 0 Å². The maximum Gasteiger partial charge on any atom is 0.227 e.